The van der Waals surface area contributed by atoms with Gasteiger partial charge in [-0.3, -0.25) is 4.79 Å². The smallest absolute Gasteiger partial charge is 0.335 e. The van der Waals surface area contributed by atoms with Crippen LogP contribution in [0.1, 0.15) is 27.4 Å². The van der Waals surface area contributed by atoms with Gasteiger partial charge in [0, 0.05) is 4.47 Å². The Kier molecular flexibility index (Phi) is 5.33. The molecular weight excluding hydrogens is 348 g/mol. The molecule has 0 saturated heterocycles. The summed E-state index contributed by atoms with van der Waals surface area (Å²) in [7, 11) is 1.36. The highest BCUT2D eigenvalue weighted by Crippen LogP contribution is 2.24. The fourth-order valence-corrected chi connectivity index (χ4v) is 2.46. The van der Waals surface area contributed by atoms with Gasteiger partial charge >= 0.3 is 11.9 Å². The molecular formula is C17H15BrO4. The van der Waals surface area contributed by atoms with E-state index < -0.39 is 11.9 Å². The zero-order chi connectivity index (χ0) is 16.1. The lowest BCUT2D eigenvalue weighted by molar-refractivity contribution is -0.142. The number of benzene rings is 2. The summed E-state index contributed by atoms with van der Waals surface area (Å²) < 4.78 is 5.82. The molecule has 0 heterocycles. The van der Waals surface area contributed by atoms with Crippen LogP contribution < -0.4 is 0 Å². The van der Waals surface area contributed by atoms with Crippen molar-refractivity contribution in [2.24, 2.45) is 0 Å². The molecule has 1 atom stereocenters. The lowest BCUT2D eigenvalue weighted by Crippen LogP contribution is -2.17. The molecule has 0 aliphatic heterocycles. The van der Waals surface area contributed by atoms with Crippen LogP contribution in [0.5, 0.6) is 0 Å². The van der Waals surface area contributed by atoms with Crippen LogP contribution in [0.25, 0.3) is 0 Å². The van der Waals surface area contributed by atoms with Crippen molar-refractivity contribution < 1.29 is 19.4 Å². The van der Waals surface area contributed by atoms with Crippen molar-refractivity contribution in [1.29, 1.82) is 0 Å². The van der Waals surface area contributed by atoms with Gasteiger partial charge in [0.1, 0.15) is 0 Å². The summed E-state index contributed by atoms with van der Waals surface area (Å²) in [5, 5.41) is 8.91. The standard InChI is InChI=1S/C17H15BrO4/c1-22-17(21)15(12-6-8-14(18)9-7-12)10-11-2-4-13(5-3-11)16(19)20/h2-9,15H,10H2,1H3,(H,19,20). The van der Waals surface area contributed by atoms with E-state index in [-0.39, 0.29) is 11.5 Å². The van der Waals surface area contributed by atoms with Gasteiger partial charge in [-0.05, 0) is 41.8 Å². The Morgan fingerprint density at radius 3 is 2.18 bits per heavy atom. The quantitative estimate of drug-likeness (QED) is 0.824. The van der Waals surface area contributed by atoms with E-state index in [1.807, 2.05) is 24.3 Å². The van der Waals surface area contributed by atoms with Crippen molar-refractivity contribution in [3.05, 3.63) is 69.7 Å². The fraction of sp³-hybridized carbons (Fsp3) is 0.176. The second-order valence-electron chi connectivity index (χ2n) is 4.83. The predicted octanol–water partition coefficient (Wildman–Crippen LogP) is 3.65. The van der Waals surface area contributed by atoms with E-state index in [0.29, 0.717) is 6.42 Å². The highest BCUT2D eigenvalue weighted by Gasteiger charge is 2.22. The molecule has 2 rings (SSSR count). The molecule has 114 valence electrons. The Bertz CT molecular complexity index is 662. The van der Waals surface area contributed by atoms with E-state index in [4.69, 9.17) is 9.84 Å². The Hall–Kier alpha value is -2.14. The third kappa shape index (κ3) is 3.95. The number of hydrogen-bond donors (Lipinski definition) is 1. The van der Waals surface area contributed by atoms with Crippen LogP contribution in [0.2, 0.25) is 0 Å². The second-order valence-corrected chi connectivity index (χ2v) is 5.75. The number of carbonyl (C=O) groups is 2. The first-order valence-corrected chi connectivity index (χ1v) is 7.46. The van der Waals surface area contributed by atoms with Gasteiger partial charge < -0.3 is 9.84 Å². The topological polar surface area (TPSA) is 63.6 Å². The van der Waals surface area contributed by atoms with Crippen LogP contribution in [0.15, 0.2) is 53.0 Å². The monoisotopic (exact) mass is 362 g/mol. The van der Waals surface area contributed by atoms with Crippen molar-refractivity contribution in [1.82, 2.24) is 0 Å². The average molecular weight is 363 g/mol. The summed E-state index contributed by atoms with van der Waals surface area (Å²) in [6, 6.07) is 14.0. The lowest BCUT2D eigenvalue weighted by Gasteiger charge is -2.15. The van der Waals surface area contributed by atoms with Crippen LogP contribution in [0.3, 0.4) is 0 Å². The second kappa shape index (κ2) is 7.22. The van der Waals surface area contributed by atoms with Crippen molar-refractivity contribution in [3.63, 3.8) is 0 Å². The molecule has 5 heteroatoms. The van der Waals surface area contributed by atoms with Crippen LogP contribution in [0.4, 0.5) is 0 Å². The number of carbonyl (C=O) groups excluding carboxylic acids is 1. The zero-order valence-electron chi connectivity index (χ0n) is 12.0. The first-order valence-electron chi connectivity index (χ1n) is 6.67. The van der Waals surface area contributed by atoms with Gasteiger partial charge in [0.05, 0.1) is 18.6 Å². The molecule has 0 aliphatic carbocycles. The Balaban J connectivity index is 2.25. The lowest BCUT2D eigenvalue weighted by atomic mass is 9.92. The van der Waals surface area contributed by atoms with Crippen molar-refractivity contribution in [2.75, 3.05) is 7.11 Å². The molecule has 0 amide bonds. The summed E-state index contributed by atoms with van der Waals surface area (Å²) >= 11 is 3.37. The third-order valence-corrected chi connectivity index (χ3v) is 3.93. The van der Waals surface area contributed by atoms with E-state index in [2.05, 4.69) is 15.9 Å². The maximum Gasteiger partial charge on any atom is 0.335 e. The minimum absolute atomic E-state index is 0.224. The number of carboxylic acid groups (broad SMARTS) is 1. The Labute approximate surface area is 136 Å². The predicted molar refractivity (Wildman–Crippen MR) is 86.0 cm³/mol. The molecule has 1 unspecified atom stereocenters. The molecule has 0 aromatic heterocycles. The summed E-state index contributed by atoms with van der Waals surface area (Å²) in [5.41, 5.74) is 1.96. The van der Waals surface area contributed by atoms with Crippen molar-refractivity contribution in [2.45, 2.75) is 12.3 Å². The molecule has 0 saturated carbocycles. The molecule has 0 aliphatic rings. The zero-order valence-corrected chi connectivity index (χ0v) is 13.5. The maximum absolute atomic E-state index is 12.0. The van der Waals surface area contributed by atoms with E-state index in [0.717, 1.165) is 15.6 Å². The number of rotatable bonds is 5. The van der Waals surface area contributed by atoms with Crippen LogP contribution in [0, 0.1) is 0 Å². The van der Waals surface area contributed by atoms with E-state index in [9.17, 15) is 9.59 Å². The summed E-state index contributed by atoms with van der Waals surface area (Å²) in [6.45, 7) is 0. The van der Waals surface area contributed by atoms with Crippen molar-refractivity contribution in [3.8, 4) is 0 Å². The molecule has 4 nitrogen and oxygen atoms in total. The minimum Gasteiger partial charge on any atom is -0.478 e. The van der Waals surface area contributed by atoms with E-state index in [1.54, 1.807) is 12.1 Å². The van der Waals surface area contributed by atoms with E-state index >= 15 is 0 Å². The summed E-state index contributed by atoms with van der Waals surface area (Å²) in [4.78, 5) is 22.9. The molecule has 1 N–H and O–H groups in total. The highest BCUT2D eigenvalue weighted by molar-refractivity contribution is 9.10. The highest BCUT2D eigenvalue weighted by atomic mass is 79.9. The summed E-state index contributed by atoms with van der Waals surface area (Å²) in [6.07, 6.45) is 0.453. The largest absolute Gasteiger partial charge is 0.478 e. The minimum atomic E-state index is -0.969. The molecule has 0 radical (unpaired) electrons. The molecule has 22 heavy (non-hydrogen) atoms. The number of halogens is 1. The first-order chi connectivity index (χ1) is 10.5. The number of methoxy groups -OCH3 is 1. The number of hydrogen-bond acceptors (Lipinski definition) is 3. The van der Waals surface area contributed by atoms with Crippen molar-refractivity contribution >= 4 is 27.9 Å². The number of ether oxygens (including phenoxy) is 1. The maximum atomic E-state index is 12.0. The fourth-order valence-electron chi connectivity index (χ4n) is 2.19. The van der Waals surface area contributed by atoms with Gasteiger partial charge in [0.25, 0.3) is 0 Å². The van der Waals surface area contributed by atoms with Gasteiger partial charge in [-0.1, -0.05) is 40.2 Å². The summed E-state index contributed by atoms with van der Waals surface area (Å²) in [5.74, 6) is -1.71. The number of carboxylic acids is 1. The normalized spacial score (nSPS) is 11.7. The van der Waals surface area contributed by atoms with Gasteiger partial charge in [-0.2, -0.15) is 0 Å². The average Bonchev–Trinajstić information content (AvgIpc) is 2.53. The van der Waals surface area contributed by atoms with Gasteiger partial charge in [0.2, 0.25) is 0 Å². The molecule has 0 bridgehead atoms. The Morgan fingerprint density at radius 2 is 1.68 bits per heavy atom. The number of esters is 1. The van der Waals surface area contributed by atoms with E-state index in [1.165, 1.54) is 19.2 Å². The Morgan fingerprint density at radius 1 is 1.09 bits per heavy atom. The van der Waals surface area contributed by atoms with Gasteiger partial charge in [-0.25, -0.2) is 4.79 Å². The molecule has 2 aromatic carbocycles. The van der Waals surface area contributed by atoms with Gasteiger partial charge in [-0.15, -0.1) is 0 Å². The SMILES string of the molecule is COC(=O)C(Cc1ccc(C(=O)O)cc1)c1ccc(Br)cc1. The third-order valence-electron chi connectivity index (χ3n) is 3.40. The van der Waals surface area contributed by atoms with Crippen LogP contribution in [-0.2, 0) is 16.0 Å². The number of aromatic carboxylic acids is 1. The molecule has 0 fully saturated rings. The van der Waals surface area contributed by atoms with Gasteiger partial charge in [0.15, 0.2) is 0 Å². The molecule has 0 spiro atoms. The van der Waals surface area contributed by atoms with Crippen LogP contribution >= 0.6 is 15.9 Å². The molecule has 2 aromatic rings. The first kappa shape index (κ1) is 16.2. The van der Waals surface area contributed by atoms with Crippen LogP contribution in [-0.4, -0.2) is 24.2 Å².